The lowest BCUT2D eigenvalue weighted by atomic mass is 10.0. The maximum atomic E-state index is 12.3. The van der Waals surface area contributed by atoms with Gasteiger partial charge in [0.15, 0.2) is 0 Å². The number of hydrogen-bond donors (Lipinski definition) is 2. The van der Waals surface area contributed by atoms with Gasteiger partial charge < -0.3 is 14.9 Å². The topological polar surface area (TPSA) is 102 Å². The van der Waals surface area contributed by atoms with Crippen LogP contribution in [-0.2, 0) is 25.3 Å². The summed E-state index contributed by atoms with van der Waals surface area (Å²) < 4.78 is 2.80. The minimum absolute atomic E-state index is 0.100. The number of aromatic nitrogens is 4. The number of aromatic amines is 1. The van der Waals surface area contributed by atoms with Crippen molar-refractivity contribution in [2.24, 2.45) is 20.0 Å². The molecule has 0 fully saturated rings. The summed E-state index contributed by atoms with van der Waals surface area (Å²) in [5.41, 5.74) is -0.735. The summed E-state index contributed by atoms with van der Waals surface area (Å²) in [6, 6.07) is -0.255. The van der Waals surface area contributed by atoms with Crippen molar-refractivity contribution in [3.05, 3.63) is 50.8 Å². The molecule has 0 aliphatic rings. The van der Waals surface area contributed by atoms with E-state index in [9.17, 15) is 14.4 Å². The molecule has 0 saturated heterocycles. The summed E-state index contributed by atoms with van der Waals surface area (Å²) in [7, 11) is 3.23. The van der Waals surface area contributed by atoms with Gasteiger partial charge in [0, 0.05) is 38.2 Å². The maximum absolute atomic E-state index is 12.3. The second-order valence-corrected chi connectivity index (χ2v) is 5.85. The third kappa shape index (κ3) is 3.58. The Morgan fingerprint density at radius 1 is 1.35 bits per heavy atom. The number of carbonyl (C=O) groups excluding carboxylic acids is 1. The van der Waals surface area contributed by atoms with Crippen LogP contribution in [0.25, 0.3) is 0 Å². The molecule has 0 bridgehead atoms. The average molecular weight is 319 g/mol. The molecule has 2 aromatic rings. The van der Waals surface area contributed by atoms with E-state index in [1.165, 1.54) is 13.2 Å². The number of aryl methyl sites for hydroxylation is 1. The fraction of sp³-hybridized carbons (Fsp3) is 0.467. The van der Waals surface area contributed by atoms with Gasteiger partial charge in [-0.3, -0.25) is 14.2 Å². The number of carbonyl (C=O) groups is 1. The van der Waals surface area contributed by atoms with Crippen LogP contribution in [0.4, 0.5) is 0 Å². The lowest BCUT2D eigenvalue weighted by molar-refractivity contribution is -0.121. The zero-order valence-electron chi connectivity index (χ0n) is 13.7. The van der Waals surface area contributed by atoms with E-state index in [0.717, 1.165) is 10.4 Å². The fourth-order valence-electron chi connectivity index (χ4n) is 2.35. The monoisotopic (exact) mass is 319 g/mol. The van der Waals surface area contributed by atoms with Crippen molar-refractivity contribution in [2.45, 2.75) is 26.3 Å². The molecule has 23 heavy (non-hydrogen) atoms. The van der Waals surface area contributed by atoms with Gasteiger partial charge in [-0.25, -0.2) is 9.78 Å². The Morgan fingerprint density at radius 2 is 2.04 bits per heavy atom. The van der Waals surface area contributed by atoms with Gasteiger partial charge in [-0.1, -0.05) is 13.8 Å². The first-order valence-electron chi connectivity index (χ1n) is 7.35. The van der Waals surface area contributed by atoms with Crippen LogP contribution in [0.1, 0.15) is 31.3 Å². The molecule has 0 radical (unpaired) electrons. The van der Waals surface area contributed by atoms with Gasteiger partial charge in [-0.05, 0) is 5.92 Å². The number of amides is 1. The Balaban J connectivity index is 2.18. The summed E-state index contributed by atoms with van der Waals surface area (Å²) in [6.45, 7) is 3.97. The van der Waals surface area contributed by atoms with Gasteiger partial charge in [-0.2, -0.15) is 0 Å². The van der Waals surface area contributed by atoms with Crippen molar-refractivity contribution in [1.29, 1.82) is 0 Å². The molecular weight excluding hydrogens is 298 g/mol. The Bertz CT molecular complexity index is 815. The number of nitrogens with zero attached hydrogens (tertiary/aromatic N) is 3. The van der Waals surface area contributed by atoms with Crippen molar-refractivity contribution < 1.29 is 4.79 Å². The van der Waals surface area contributed by atoms with E-state index in [0.29, 0.717) is 0 Å². The van der Waals surface area contributed by atoms with Gasteiger partial charge >= 0.3 is 5.69 Å². The molecular formula is C15H21N5O3. The van der Waals surface area contributed by atoms with Crippen LogP contribution < -0.4 is 16.6 Å². The first-order chi connectivity index (χ1) is 10.8. The summed E-state index contributed by atoms with van der Waals surface area (Å²) in [5.74, 6) is 0.594. The molecule has 0 aliphatic heterocycles. The van der Waals surface area contributed by atoms with Crippen molar-refractivity contribution in [3.63, 3.8) is 0 Å². The Kier molecular flexibility index (Phi) is 4.83. The number of H-pyrrole nitrogens is 1. The van der Waals surface area contributed by atoms with E-state index >= 15 is 0 Å². The minimum Gasteiger partial charge on any atom is -0.346 e. The second-order valence-electron chi connectivity index (χ2n) is 5.85. The highest BCUT2D eigenvalue weighted by molar-refractivity contribution is 5.78. The first kappa shape index (κ1) is 16.7. The number of nitrogens with one attached hydrogen (secondary N) is 2. The van der Waals surface area contributed by atoms with Gasteiger partial charge in [0.1, 0.15) is 5.82 Å². The summed E-state index contributed by atoms with van der Waals surface area (Å²) in [4.78, 5) is 42.3. The van der Waals surface area contributed by atoms with Crippen molar-refractivity contribution in [3.8, 4) is 0 Å². The molecule has 1 unspecified atom stereocenters. The quantitative estimate of drug-likeness (QED) is 0.801. The van der Waals surface area contributed by atoms with Crippen LogP contribution in [0, 0.1) is 5.92 Å². The third-order valence-electron chi connectivity index (χ3n) is 3.72. The van der Waals surface area contributed by atoms with Crippen LogP contribution >= 0.6 is 0 Å². The van der Waals surface area contributed by atoms with Crippen LogP contribution in [-0.4, -0.2) is 25.0 Å². The van der Waals surface area contributed by atoms with Crippen LogP contribution in [0.15, 0.2) is 28.2 Å². The summed E-state index contributed by atoms with van der Waals surface area (Å²) >= 11 is 0. The Hall–Kier alpha value is -2.64. The molecule has 1 amide bonds. The molecule has 0 spiro atoms. The Labute approximate surface area is 133 Å². The summed E-state index contributed by atoms with van der Waals surface area (Å²) in [6.07, 6.45) is 4.68. The molecule has 8 heteroatoms. The number of hydrogen-bond acceptors (Lipinski definition) is 4. The Morgan fingerprint density at radius 3 is 2.61 bits per heavy atom. The molecule has 1 atom stereocenters. The molecule has 2 rings (SSSR count). The zero-order chi connectivity index (χ0) is 17.1. The molecule has 8 nitrogen and oxygen atoms in total. The molecule has 2 aromatic heterocycles. The van der Waals surface area contributed by atoms with Gasteiger partial charge in [0.05, 0.1) is 12.5 Å². The standard InChI is InChI=1S/C15H21N5O3/c1-9(2)12(13-16-5-6-19(13)3)18-11(21)7-10-8-17-15(23)20(4)14(10)22/h5-6,8-9,12H,7H2,1-4H3,(H,17,23)(H,18,21). The largest absolute Gasteiger partial charge is 0.346 e. The fourth-order valence-corrected chi connectivity index (χ4v) is 2.35. The van der Waals surface area contributed by atoms with E-state index in [-0.39, 0.29) is 29.9 Å². The zero-order valence-corrected chi connectivity index (χ0v) is 13.7. The van der Waals surface area contributed by atoms with E-state index in [4.69, 9.17) is 0 Å². The van der Waals surface area contributed by atoms with Crippen molar-refractivity contribution in [2.75, 3.05) is 0 Å². The van der Waals surface area contributed by atoms with Crippen LogP contribution in [0.3, 0.4) is 0 Å². The van der Waals surface area contributed by atoms with Crippen molar-refractivity contribution in [1.82, 2.24) is 24.4 Å². The normalized spacial score (nSPS) is 12.4. The molecule has 2 heterocycles. The highest BCUT2D eigenvalue weighted by atomic mass is 16.2. The van der Waals surface area contributed by atoms with E-state index < -0.39 is 11.2 Å². The van der Waals surface area contributed by atoms with Gasteiger partial charge in [0.2, 0.25) is 5.91 Å². The maximum Gasteiger partial charge on any atom is 0.328 e. The third-order valence-corrected chi connectivity index (χ3v) is 3.72. The predicted molar refractivity (Wildman–Crippen MR) is 84.9 cm³/mol. The molecule has 2 N–H and O–H groups in total. The molecule has 0 aromatic carbocycles. The first-order valence-corrected chi connectivity index (χ1v) is 7.35. The predicted octanol–water partition coefficient (Wildman–Crippen LogP) is -0.137. The summed E-state index contributed by atoms with van der Waals surface area (Å²) in [5, 5.41) is 2.91. The molecule has 0 aliphatic carbocycles. The average Bonchev–Trinajstić information content (AvgIpc) is 2.91. The molecule has 0 saturated carbocycles. The number of imidazole rings is 1. The van der Waals surface area contributed by atoms with E-state index in [2.05, 4.69) is 15.3 Å². The SMILES string of the molecule is CC(C)C(NC(=O)Cc1c[nH]c(=O)n(C)c1=O)c1nccn1C. The lowest BCUT2D eigenvalue weighted by Crippen LogP contribution is -2.38. The minimum atomic E-state index is -0.507. The van der Waals surface area contributed by atoms with Crippen molar-refractivity contribution >= 4 is 5.91 Å². The van der Waals surface area contributed by atoms with E-state index in [1.54, 1.807) is 6.20 Å². The van der Waals surface area contributed by atoms with Gasteiger partial charge in [0.25, 0.3) is 5.56 Å². The number of rotatable bonds is 5. The highest BCUT2D eigenvalue weighted by Gasteiger charge is 2.22. The lowest BCUT2D eigenvalue weighted by Gasteiger charge is -2.22. The molecule has 124 valence electrons. The second kappa shape index (κ2) is 6.64. The van der Waals surface area contributed by atoms with Gasteiger partial charge in [-0.15, -0.1) is 0 Å². The smallest absolute Gasteiger partial charge is 0.328 e. The highest BCUT2D eigenvalue weighted by Crippen LogP contribution is 2.19. The van der Waals surface area contributed by atoms with E-state index in [1.807, 2.05) is 31.7 Å². The van der Waals surface area contributed by atoms with Crippen LogP contribution in [0.5, 0.6) is 0 Å². The van der Waals surface area contributed by atoms with Crippen LogP contribution in [0.2, 0.25) is 0 Å².